The fraction of sp³-hybridized carbons (Fsp3) is 0.235. The highest BCUT2D eigenvalue weighted by atomic mass is 19.3. The first-order chi connectivity index (χ1) is 11.9. The lowest BCUT2D eigenvalue weighted by Gasteiger charge is -2.21. The largest absolute Gasteiger partial charge is 0.435 e. The van der Waals surface area contributed by atoms with E-state index in [9.17, 15) is 18.4 Å². The molecule has 25 heavy (non-hydrogen) atoms. The van der Waals surface area contributed by atoms with Crippen molar-refractivity contribution in [2.45, 2.75) is 25.6 Å². The van der Waals surface area contributed by atoms with Crippen LogP contribution in [0.5, 0.6) is 5.75 Å². The van der Waals surface area contributed by atoms with Crippen LogP contribution in [0.2, 0.25) is 0 Å². The molecule has 8 heteroatoms. The molecule has 0 radical (unpaired) electrons. The van der Waals surface area contributed by atoms with Gasteiger partial charge in [-0.05, 0) is 36.8 Å². The van der Waals surface area contributed by atoms with Crippen molar-refractivity contribution in [3.63, 3.8) is 0 Å². The minimum Gasteiger partial charge on any atom is -0.435 e. The molecule has 0 spiro atoms. The number of carbonyl (C=O) groups excluding carboxylic acids is 2. The number of imide groups is 1. The zero-order chi connectivity index (χ0) is 18.0. The van der Waals surface area contributed by atoms with E-state index in [1.165, 1.54) is 24.3 Å². The second-order valence-corrected chi connectivity index (χ2v) is 5.68. The molecule has 1 saturated heterocycles. The van der Waals surface area contributed by atoms with Gasteiger partial charge in [-0.3, -0.25) is 14.7 Å². The lowest BCUT2D eigenvalue weighted by Crippen LogP contribution is -2.41. The fourth-order valence-electron chi connectivity index (χ4n) is 2.63. The number of carbonyl (C=O) groups is 2. The van der Waals surface area contributed by atoms with Crippen LogP contribution in [-0.4, -0.2) is 28.4 Å². The van der Waals surface area contributed by atoms with Crippen molar-refractivity contribution >= 4 is 11.9 Å². The maximum atomic E-state index is 12.7. The second-order valence-electron chi connectivity index (χ2n) is 5.68. The van der Waals surface area contributed by atoms with Gasteiger partial charge in [0.05, 0.1) is 12.2 Å². The number of alkyl halides is 2. The molecular weight excluding hydrogens is 332 g/mol. The van der Waals surface area contributed by atoms with Gasteiger partial charge in [-0.1, -0.05) is 18.2 Å². The Morgan fingerprint density at radius 2 is 1.92 bits per heavy atom. The van der Waals surface area contributed by atoms with Crippen LogP contribution in [0, 0.1) is 0 Å². The lowest BCUT2D eigenvalue weighted by molar-refractivity contribution is -0.131. The average molecular weight is 347 g/mol. The van der Waals surface area contributed by atoms with Gasteiger partial charge >= 0.3 is 12.6 Å². The van der Waals surface area contributed by atoms with E-state index >= 15 is 0 Å². The molecule has 1 aliphatic heterocycles. The topological polar surface area (TPSA) is 71.5 Å². The van der Waals surface area contributed by atoms with Crippen LogP contribution < -0.4 is 10.1 Å². The molecule has 3 rings (SSSR count). The molecule has 1 aromatic carbocycles. The Morgan fingerprint density at radius 3 is 2.52 bits per heavy atom. The summed E-state index contributed by atoms with van der Waals surface area (Å²) in [6, 6.07) is 10.3. The van der Waals surface area contributed by atoms with Crippen molar-refractivity contribution in [2.24, 2.45) is 0 Å². The normalized spacial score (nSPS) is 20.1. The molecule has 2 aromatic rings. The number of benzene rings is 1. The van der Waals surface area contributed by atoms with Crippen LogP contribution >= 0.6 is 0 Å². The summed E-state index contributed by atoms with van der Waals surface area (Å²) in [6.45, 7) is -1.30. The van der Waals surface area contributed by atoms with Gasteiger partial charge in [0.1, 0.15) is 5.75 Å². The van der Waals surface area contributed by atoms with Crippen LogP contribution in [0.1, 0.15) is 18.2 Å². The molecular formula is C17H15F2N3O3. The smallest absolute Gasteiger partial charge is 0.387 e. The number of aromatic nitrogens is 1. The van der Waals surface area contributed by atoms with E-state index in [1.807, 2.05) is 0 Å². The van der Waals surface area contributed by atoms with Crippen LogP contribution in [-0.2, 0) is 16.9 Å². The number of hydrogen-bond acceptors (Lipinski definition) is 4. The Bertz CT molecular complexity index is 783. The zero-order valence-electron chi connectivity index (χ0n) is 13.3. The Balaban J connectivity index is 1.77. The van der Waals surface area contributed by atoms with Crippen molar-refractivity contribution < 1.29 is 23.1 Å². The van der Waals surface area contributed by atoms with E-state index in [1.54, 1.807) is 31.3 Å². The monoisotopic (exact) mass is 347 g/mol. The van der Waals surface area contributed by atoms with E-state index in [0.29, 0.717) is 11.3 Å². The molecule has 1 aliphatic rings. The first-order valence-corrected chi connectivity index (χ1v) is 7.49. The third kappa shape index (κ3) is 3.28. The van der Waals surface area contributed by atoms with Crippen molar-refractivity contribution in [2.75, 3.05) is 0 Å². The summed E-state index contributed by atoms with van der Waals surface area (Å²) in [7, 11) is 0. The van der Waals surface area contributed by atoms with Gasteiger partial charge in [-0.2, -0.15) is 8.78 Å². The summed E-state index contributed by atoms with van der Waals surface area (Å²) in [5, 5.41) is 2.66. The number of rotatable bonds is 5. The molecule has 130 valence electrons. The van der Waals surface area contributed by atoms with Gasteiger partial charge in [-0.15, -0.1) is 0 Å². The van der Waals surface area contributed by atoms with Crippen molar-refractivity contribution in [3.8, 4) is 5.75 Å². The highest BCUT2D eigenvalue weighted by molar-refractivity contribution is 6.06. The Morgan fingerprint density at radius 1 is 1.20 bits per heavy atom. The quantitative estimate of drug-likeness (QED) is 0.844. The first-order valence-electron chi connectivity index (χ1n) is 7.49. The zero-order valence-corrected chi connectivity index (χ0v) is 13.3. The number of nitrogens with one attached hydrogen (secondary N) is 1. The predicted molar refractivity (Wildman–Crippen MR) is 83.7 cm³/mol. The number of ether oxygens (including phenoxy) is 1. The number of halogens is 2. The number of hydrogen-bond donors (Lipinski definition) is 1. The van der Waals surface area contributed by atoms with Crippen LogP contribution in [0.25, 0.3) is 0 Å². The first kappa shape index (κ1) is 16.8. The number of nitrogens with zero attached hydrogens (tertiary/aromatic N) is 2. The molecule has 0 saturated carbocycles. The molecule has 2 heterocycles. The standard InChI is InChI=1S/C17H15F2N3O3/c1-17(13-4-2-3-9-20-13)14(23)22(16(24)21-17)10-11-5-7-12(8-6-11)25-15(18)19/h2-9,15H,10H2,1H3,(H,21,24)/t17-/m0/s1. The molecule has 0 aliphatic carbocycles. The molecule has 1 fully saturated rings. The summed E-state index contributed by atoms with van der Waals surface area (Å²) in [6.07, 6.45) is 1.55. The number of pyridine rings is 1. The second kappa shape index (κ2) is 6.46. The van der Waals surface area contributed by atoms with Gasteiger partial charge in [0.15, 0.2) is 5.54 Å². The van der Waals surface area contributed by atoms with E-state index in [2.05, 4.69) is 15.0 Å². The maximum absolute atomic E-state index is 12.7. The van der Waals surface area contributed by atoms with Crippen LogP contribution in [0.4, 0.5) is 13.6 Å². The summed E-state index contributed by atoms with van der Waals surface area (Å²) < 4.78 is 28.6. The summed E-state index contributed by atoms with van der Waals surface area (Å²) in [4.78, 5) is 30.2. The van der Waals surface area contributed by atoms with Crippen LogP contribution in [0.15, 0.2) is 48.7 Å². The SMILES string of the molecule is C[C@@]1(c2ccccn2)NC(=O)N(Cc2ccc(OC(F)F)cc2)C1=O. The van der Waals surface area contributed by atoms with Crippen LogP contribution in [0.3, 0.4) is 0 Å². The van der Waals surface area contributed by atoms with E-state index < -0.39 is 24.1 Å². The maximum Gasteiger partial charge on any atom is 0.387 e. The summed E-state index contributed by atoms with van der Waals surface area (Å²) >= 11 is 0. The molecule has 1 aromatic heterocycles. The Labute approximate surface area is 142 Å². The minimum atomic E-state index is -2.91. The third-order valence-corrected chi connectivity index (χ3v) is 3.94. The van der Waals surface area contributed by atoms with Gasteiger partial charge in [0.25, 0.3) is 5.91 Å². The van der Waals surface area contributed by atoms with E-state index in [0.717, 1.165) is 4.90 Å². The average Bonchev–Trinajstić information content (AvgIpc) is 2.81. The fourth-order valence-corrected chi connectivity index (χ4v) is 2.63. The summed E-state index contributed by atoms with van der Waals surface area (Å²) in [5.41, 5.74) is -0.191. The molecule has 3 amide bonds. The van der Waals surface area contributed by atoms with Gasteiger partial charge in [0, 0.05) is 6.20 Å². The minimum absolute atomic E-state index is 0.00859. The van der Waals surface area contributed by atoms with Crippen molar-refractivity contribution in [3.05, 3.63) is 59.9 Å². The van der Waals surface area contributed by atoms with Crippen molar-refractivity contribution in [1.82, 2.24) is 15.2 Å². The molecule has 1 atom stereocenters. The Hall–Kier alpha value is -3.03. The Kier molecular flexibility index (Phi) is 4.35. The predicted octanol–water partition coefficient (Wildman–Crippen LogP) is 2.65. The highest BCUT2D eigenvalue weighted by Gasteiger charge is 2.49. The van der Waals surface area contributed by atoms with Gasteiger partial charge in [-0.25, -0.2) is 4.79 Å². The highest BCUT2D eigenvalue weighted by Crippen LogP contribution is 2.28. The van der Waals surface area contributed by atoms with E-state index in [-0.39, 0.29) is 12.3 Å². The van der Waals surface area contributed by atoms with Gasteiger partial charge < -0.3 is 10.1 Å². The van der Waals surface area contributed by atoms with E-state index in [4.69, 9.17) is 0 Å². The van der Waals surface area contributed by atoms with Gasteiger partial charge in [0.2, 0.25) is 0 Å². The molecule has 6 nitrogen and oxygen atoms in total. The molecule has 0 bridgehead atoms. The number of urea groups is 1. The molecule has 0 unspecified atom stereocenters. The van der Waals surface area contributed by atoms with Crippen molar-refractivity contribution in [1.29, 1.82) is 0 Å². The molecule has 1 N–H and O–H groups in total. The third-order valence-electron chi connectivity index (χ3n) is 3.94. The number of amides is 3. The lowest BCUT2D eigenvalue weighted by atomic mass is 9.97. The summed E-state index contributed by atoms with van der Waals surface area (Å²) in [5.74, 6) is -0.418.